The number of hydrogen-bond donors (Lipinski definition) is 0. The van der Waals surface area contributed by atoms with Gasteiger partial charge in [0.1, 0.15) is 17.9 Å². The van der Waals surface area contributed by atoms with Crippen molar-refractivity contribution >= 4 is 32.6 Å². The molecule has 0 unspecified atom stereocenters. The van der Waals surface area contributed by atoms with Gasteiger partial charge in [-0.25, -0.2) is 4.79 Å². The quantitative estimate of drug-likeness (QED) is 0.546. The molecule has 0 saturated heterocycles. The summed E-state index contributed by atoms with van der Waals surface area (Å²) in [6.45, 7) is 6.45. The third kappa shape index (κ3) is 4.04. The van der Waals surface area contributed by atoms with E-state index in [0.29, 0.717) is 12.2 Å². The number of hydrogen-bond acceptors (Lipinski definition) is 4. The lowest BCUT2D eigenvalue weighted by molar-refractivity contribution is 0.306. The van der Waals surface area contributed by atoms with Crippen LogP contribution in [0.4, 0.5) is 5.69 Å². The average Bonchev–Trinajstić information content (AvgIpc) is 2.61. The van der Waals surface area contributed by atoms with Crippen molar-refractivity contribution in [2.75, 3.05) is 18.0 Å². The first kappa shape index (κ1) is 17.5. The fraction of sp³-hybridized carbons (Fsp3) is 0.250. The molecule has 2 aromatic carbocycles. The molecule has 1 aromatic heterocycles. The van der Waals surface area contributed by atoms with Gasteiger partial charge in [0.05, 0.1) is 0 Å². The molecular weight excluding hydrogens is 382 g/mol. The highest BCUT2D eigenvalue weighted by molar-refractivity contribution is 9.10. The Balaban J connectivity index is 1.87. The van der Waals surface area contributed by atoms with Gasteiger partial charge in [0.25, 0.3) is 0 Å². The molecule has 0 radical (unpaired) electrons. The van der Waals surface area contributed by atoms with Crippen molar-refractivity contribution in [3.63, 3.8) is 0 Å². The molecule has 3 aromatic rings. The standard InChI is InChI=1S/C20H20BrNO3/c1-3-22(4-2)16-6-5-7-17(12-16)24-13-14-10-20(23)25-19-9-8-15(21)11-18(14)19/h5-12H,3-4,13H2,1-2H3. The van der Waals surface area contributed by atoms with Crippen molar-refractivity contribution in [3.05, 3.63) is 69.0 Å². The van der Waals surface area contributed by atoms with E-state index in [9.17, 15) is 4.79 Å². The van der Waals surface area contributed by atoms with Crippen LogP contribution in [0.15, 0.2) is 62.2 Å². The van der Waals surface area contributed by atoms with Gasteiger partial charge < -0.3 is 14.1 Å². The maximum atomic E-state index is 11.8. The molecule has 4 nitrogen and oxygen atoms in total. The number of ether oxygens (including phenoxy) is 1. The highest BCUT2D eigenvalue weighted by Gasteiger charge is 2.08. The summed E-state index contributed by atoms with van der Waals surface area (Å²) in [5, 5.41) is 0.869. The van der Waals surface area contributed by atoms with Gasteiger partial charge in [0.2, 0.25) is 0 Å². The zero-order valence-corrected chi connectivity index (χ0v) is 15.9. The largest absolute Gasteiger partial charge is 0.489 e. The number of anilines is 1. The predicted molar refractivity (Wildman–Crippen MR) is 105 cm³/mol. The molecule has 0 fully saturated rings. The monoisotopic (exact) mass is 401 g/mol. The Labute approximate surface area is 155 Å². The van der Waals surface area contributed by atoms with Crippen LogP contribution in [-0.2, 0) is 6.61 Å². The van der Waals surface area contributed by atoms with Gasteiger partial charge in [0.15, 0.2) is 0 Å². The van der Waals surface area contributed by atoms with E-state index in [1.165, 1.54) is 6.07 Å². The number of fused-ring (bicyclic) bond motifs is 1. The van der Waals surface area contributed by atoms with E-state index in [4.69, 9.17) is 9.15 Å². The van der Waals surface area contributed by atoms with Gasteiger partial charge in [-0.3, -0.25) is 0 Å². The molecule has 0 saturated carbocycles. The van der Waals surface area contributed by atoms with Crippen LogP contribution < -0.4 is 15.3 Å². The molecule has 3 rings (SSSR count). The molecule has 0 atom stereocenters. The number of rotatable bonds is 6. The molecule has 0 aliphatic heterocycles. The Morgan fingerprint density at radius 2 is 1.88 bits per heavy atom. The first-order chi connectivity index (χ1) is 12.1. The molecule has 0 aliphatic rings. The summed E-state index contributed by atoms with van der Waals surface area (Å²) >= 11 is 3.46. The van der Waals surface area contributed by atoms with Gasteiger partial charge in [0, 0.05) is 46.3 Å². The molecule has 5 heteroatoms. The minimum Gasteiger partial charge on any atom is -0.489 e. The molecule has 0 spiro atoms. The van der Waals surface area contributed by atoms with Crippen LogP contribution in [0.5, 0.6) is 5.75 Å². The molecule has 25 heavy (non-hydrogen) atoms. The van der Waals surface area contributed by atoms with E-state index in [1.807, 2.05) is 30.3 Å². The van der Waals surface area contributed by atoms with Crippen molar-refractivity contribution in [1.29, 1.82) is 0 Å². The second-order valence-corrected chi connectivity index (χ2v) is 6.61. The average molecular weight is 402 g/mol. The zero-order chi connectivity index (χ0) is 17.8. The van der Waals surface area contributed by atoms with E-state index in [0.717, 1.165) is 39.9 Å². The Morgan fingerprint density at radius 1 is 1.08 bits per heavy atom. The summed E-state index contributed by atoms with van der Waals surface area (Å²) in [6.07, 6.45) is 0. The first-order valence-corrected chi connectivity index (χ1v) is 9.10. The second kappa shape index (κ2) is 7.74. The summed E-state index contributed by atoms with van der Waals surface area (Å²) in [5.41, 5.74) is 2.12. The van der Waals surface area contributed by atoms with Crippen molar-refractivity contribution in [1.82, 2.24) is 0 Å². The Bertz CT molecular complexity index is 932. The Hall–Kier alpha value is -2.27. The molecular formula is C20H20BrNO3. The molecule has 0 N–H and O–H groups in total. The van der Waals surface area contributed by atoms with Gasteiger partial charge in [-0.1, -0.05) is 22.0 Å². The number of benzene rings is 2. The summed E-state index contributed by atoms with van der Waals surface area (Å²) < 4.78 is 12.1. The zero-order valence-electron chi connectivity index (χ0n) is 14.3. The van der Waals surface area contributed by atoms with Crippen LogP contribution in [0.2, 0.25) is 0 Å². The van der Waals surface area contributed by atoms with Gasteiger partial charge >= 0.3 is 5.63 Å². The van der Waals surface area contributed by atoms with Crippen LogP contribution in [0.3, 0.4) is 0 Å². The third-order valence-electron chi connectivity index (χ3n) is 4.13. The lowest BCUT2D eigenvalue weighted by atomic mass is 10.1. The van der Waals surface area contributed by atoms with Crippen LogP contribution in [0, 0.1) is 0 Å². The van der Waals surface area contributed by atoms with Crippen LogP contribution in [-0.4, -0.2) is 13.1 Å². The molecule has 0 aliphatic carbocycles. The van der Waals surface area contributed by atoms with Crippen LogP contribution in [0.1, 0.15) is 19.4 Å². The summed E-state index contributed by atoms with van der Waals surface area (Å²) in [4.78, 5) is 14.0. The summed E-state index contributed by atoms with van der Waals surface area (Å²) in [6, 6.07) is 15.1. The summed E-state index contributed by atoms with van der Waals surface area (Å²) in [5.74, 6) is 0.779. The fourth-order valence-electron chi connectivity index (χ4n) is 2.84. The number of nitrogens with zero attached hydrogens (tertiary/aromatic N) is 1. The third-order valence-corrected chi connectivity index (χ3v) is 4.62. The molecule has 130 valence electrons. The molecule has 0 amide bonds. The summed E-state index contributed by atoms with van der Waals surface area (Å²) in [7, 11) is 0. The lowest BCUT2D eigenvalue weighted by Crippen LogP contribution is -2.21. The van der Waals surface area contributed by atoms with Crippen LogP contribution in [0.25, 0.3) is 11.0 Å². The van der Waals surface area contributed by atoms with E-state index < -0.39 is 0 Å². The predicted octanol–water partition coefficient (Wildman–Crippen LogP) is 4.98. The molecule has 1 heterocycles. The molecule has 0 bridgehead atoms. The Morgan fingerprint density at radius 3 is 2.64 bits per heavy atom. The lowest BCUT2D eigenvalue weighted by Gasteiger charge is -2.21. The second-order valence-electron chi connectivity index (χ2n) is 5.69. The topological polar surface area (TPSA) is 42.7 Å². The van der Waals surface area contributed by atoms with E-state index in [2.05, 4.69) is 40.7 Å². The van der Waals surface area contributed by atoms with E-state index >= 15 is 0 Å². The Kier molecular flexibility index (Phi) is 5.43. The first-order valence-electron chi connectivity index (χ1n) is 8.30. The smallest absolute Gasteiger partial charge is 0.336 e. The normalized spacial score (nSPS) is 10.8. The maximum Gasteiger partial charge on any atom is 0.336 e. The van der Waals surface area contributed by atoms with Gasteiger partial charge in [-0.05, 0) is 44.2 Å². The van der Waals surface area contributed by atoms with Crippen molar-refractivity contribution in [2.45, 2.75) is 20.5 Å². The van der Waals surface area contributed by atoms with Gasteiger partial charge in [-0.2, -0.15) is 0 Å². The van der Waals surface area contributed by atoms with Crippen molar-refractivity contribution in [2.24, 2.45) is 0 Å². The van der Waals surface area contributed by atoms with Gasteiger partial charge in [-0.15, -0.1) is 0 Å². The number of halogens is 1. The highest BCUT2D eigenvalue weighted by Crippen LogP contribution is 2.25. The SMILES string of the molecule is CCN(CC)c1cccc(OCc2cc(=O)oc3ccc(Br)cc23)c1. The van der Waals surface area contributed by atoms with E-state index in [-0.39, 0.29) is 5.63 Å². The minimum atomic E-state index is -0.370. The van der Waals surface area contributed by atoms with E-state index in [1.54, 1.807) is 6.07 Å². The highest BCUT2D eigenvalue weighted by atomic mass is 79.9. The minimum absolute atomic E-state index is 0.306. The van der Waals surface area contributed by atoms with Crippen molar-refractivity contribution < 1.29 is 9.15 Å². The maximum absolute atomic E-state index is 11.8. The fourth-order valence-corrected chi connectivity index (χ4v) is 3.20. The van der Waals surface area contributed by atoms with Crippen LogP contribution >= 0.6 is 15.9 Å². The van der Waals surface area contributed by atoms with Crippen molar-refractivity contribution in [3.8, 4) is 5.75 Å².